The van der Waals surface area contributed by atoms with E-state index in [0.717, 1.165) is 36.4 Å². The molecule has 6 rings (SSSR count). The minimum absolute atomic E-state index is 0.202. The van der Waals surface area contributed by atoms with Crippen molar-refractivity contribution in [3.63, 3.8) is 0 Å². The number of nitrogens with zero attached hydrogens (tertiary/aromatic N) is 4. The number of hydrogen-bond acceptors (Lipinski definition) is 7. The lowest BCUT2D eigenvalue weighted by Gasteiger charge is -2.37. The molecule has 0 bridgehead atoms. The number of benzene rings is 2. The van der Waals surface area contributed by atoms with E-state index in [1.54, 1.807) is 11.8 Å². The number of nitrogens with one attached hydrogen (secondary N) is 1. The Morgan fingerprint density at radius 2 is 2.08 bits per heavy atom. The van der Waals surface area contributed by atoms with Gasteiger partial charge >= 0.3 is 5.97 Å². The van der Waals surface area contributed by atoms with Gasteiger partial charge in [0.25, 0.3) is 0 Å². The molecule has 2 aromatic carbocycles. The number of aromatic nitrogens is 2. The molecule has 0 spiro atoms. The fourth-order valence-corrected chi connectivity index (χ4v) is 6.85. The van der Waals surface area contributed by atoms with Gasteiger partial charge in [0, 0.05) is 36.4 Å². The van der Waals surface area contributed by atoms with Gasteiger partial charge in [-0.25, -0.2) is 4.98 Å². The second-order valence-corrected chi connectivity index (χ2v) is 11.5. The molecule has 0 amide bonds. The predicted octanol–water partition coefficient (Wildman–Crippen LogP) is 6.10. The second-order valence-electron chi connectivity index (χ2n) is 11.1. The van der Waals surface area contributed by atoms with Gasteiger partial charge in [-0.05, 0) is 79.6 Å². The maximum Gasteiger partial charge on any atom is 0.306 e. The van der Waals surface area contributed by atoms with Crippen molar-refractivity contribution < 1.29 is 9.53 Å². The van der Waals surface area contributed by atoms with Crippen LogP contribution in [0.1, 0.15) is 61.3 Å². The maximum absolute atomic E-state index is 12.5. The summed E-state index contributed by atoms with van der Waals surface area (Å²) in [5.41, 5.74) is 7.09. The molecule has 2 unspecified atom stereocenters. The first kappa shape index (κ1) is 25.1. The number of para-hydroxylation sites is 1. The van der Waals surface area contributed by atoms with Crippen molar-refractivity contribution in [3.05, 3.63) is 69.9 Å². The van der Waals surface area contributed by atoms with Gasteiger partial charge in [-0.3, -0.25) is 4.79 Å². The van der Waals surface area contributed by atoms with Gasteiger partial charge in [-0.1, -0.05) is 36.7 Å². The van der Waals surface area contributed by atoms with Crippen molar-refractivity contribution in [2.45, 2.75) is 57.4 Å². The SMILES string of the molecule is CCOC(=O)CC1(C)CN(c2nc(Nc3cc4c5c(c3)CN(C)CC5CCC4)ncc2Cl)c2ccccc21. The lowest BCUT2D eigenvalue weighted by Crippen LogP contribution is -2.33. The van der Waals surface area contributed by atoms with Crippen LogP contribution in [0.25, 0.3) is 0 Å². The van der Waals surface area contributed by atoms with E-state index < -0.39 is 5.41 Å². The maximum atomic E-state index is 12.5. The molecular formula is C30H34ClN5O2. The zero-order valence-electron chi connectivity index (χ0n) is 22.3. The quantitative estimate of drug-likeness (QED) is 0.385. The van der Waals surface area contributed by atoms with Crippen LogP contribution < -0.4 is 10.2 Å². The van der Waals surface area contributed by atoms with Gasteiger partial charge in [0.15, 0.2) is 5.82 Å². The third-order valence-corrected chi connectivity index (χ3v) is 8.43. The molecule has 1 aromatic heterocycles. The van der Waals surface area contributed by atoms with Crippen LogP contribution in [-0.4, -0.2) is 47.6 Å². The molecule has 1 aliphatic carbocycles. The third-order valence-electron chi connectivity index (χ3n) is 8.16. The van der Waals surface area contributed by atoms with Gasteiger partial charge in [0.2, 0.25) is 5.95 Å². The van der Waals surface area contributed by atoms with Gasteiger partial charge in [-0.2, -0.15) is 4.98 Å². The van der Waals surface area contributed by atoms with Crippen molar-refractivity contribution >= 4 is 40.7 Å². The van der Waals surface area contributed by atoms with Crippen molar-refractivity contribution in [1.29, 1.82) is 0 Å². The van der Waals surface area contributed by atoms with Crippen LogP contribution >= 0.6 is 11.6 Å². The van der Waals surface area contributed by atoms with Crippen LogP contribution in [0.5, 0.6) is 0 Å². The van der Waals surface area contributed by atoms with E-state index in [4.69, 9.17) is 21.3 Å². The summed E-state index contributed by atoms with van der Waals surface area (Å²) in [6.45, 7) is 6.97. The molecule has 2 aliphatic heterocycles. The number of anilines is 4. The van der Waals surface area contributed by atoms with E-state index in [9.17, 15) is 4.79 Å². The fraction of sp³-hybridized carbons (Fsp3) is 0.433. The van der Waals surface area contributed by atoms with Crippen LogP contribution in [0.2, 0.25) is 5.02 Å². The summed E-state index contributed by atoms with van der Waals surface area (Å²) < 4.78 is 5.29. The number of ether oxygens (including phenoxy) is 1. The van der Waals surface area contributed by atoms with Gasteiger partial charge in [0.1, 0.15) is 5.02 Å². The Morgan fingerprint density at radius 1 is 1.26 bits per heavy atom. The molecule has 198 valence electrons. The summed E-state index contributed by atoms with van der Waals surface area (Å²) in [6.07, 6.45) is 5.56. The predicted molar refractivity (Wildman–Crippen MR) is 151 cm³/mol. The van der Waals surface area contributed by atoms with Crippen molar-refractivity contribution in [3.8, 4) is 0 Å². The fourth-order valence-electron chi connectivity index (χ4n) is 6.66. The van der Waals surface area contributed by atoms with E-state index in [0.29, 0.717) is 35.9 Å². The molecular weight excluding hydrogens is 498 g/mol. The Labute approximate surface area is 229 Å². The zero-order chi connectivity index (χ0) is 26.4. The lowest BCUT2D eigenvalue weighted by atomic mass is 9.77. The number of rotatable bonds is 6. The summed E-state index contributed by atoms with van der Waals surface area (Å²) in [5.74, 6) is 1.57. The number of esters is 1. The Bertz CT molecular complexity index is 1400. The van der Waals surface area contributed by atoms with Crippen LogP contribution in [0.15, 0.2) is 42.6 Å². The highest BCUT2D eigenvalue weighted by Crippen LogP contribution is 2.47. The third kappa shape index (κ3) is 4.52. The highest BCUT2D eigenvalue weighted by molar-refractivity contribution is 6.33. The Balaban J connectivity index is 1.32. The molecule has 2 atom stereocenters. The molecule has 38 heavy (non-hydrogen) atoms. The molecule has 1 N–H and O–H groups in total. The molecule has 0 fully saturated rings. The lowest BCUT2D eigenvalue weighted by molar-refractivity contribution is -0.144. The summed E-state index contributed by atoms with van der Waals surface area (Å²) in [4.78, 5) is 26.4. The molecule has 3 aliphatic rings. The molecule has 0 saturated carbocycles. The van der Waals surface area contributed by atoms with E-state index in [-0.39, 0.29) is 12.4 Å². The van der Waals surface area contributed by atoms with Crippen molar-refractivity contribution in [2.24, 2.45) is 0 Å². The number of carbonyl (C=O) groups is 1. The first-order valence-corrected chi connectivity index (χ1v) is 13.9. The smallest absolute Gasteiger partial charge is 0.306 e. The highest BCUT2D eigenvalue weighted by atomic mass is 35.5. The second kappa shape index (κ2) is 9.86. The number of carbonyl (C=O) groups excluding carboxylic acids is 1. The van der Waals surface area contributed by atoms with E-state index >= 15 is 0 Å². The topological polar surface area (TPSA) is 70.6 Å². The Morgan fingerprint density at radius 3 is 2.92 bits per heavy atom. The number of halogens is 1. The summed E-state index contributed by atoms with van der Waals surface area (Å²) >= 11 is 6.68. The molecule has 0 radical (unpaired) electrons. The Kier molecular flexibility index (Phi) is 6.52. The van der Waals surface area contributed by atoms with Crippen molar-refractivity contribution in [1.82, 2.24) is 14.9 Å². The Hall–Kier alpha value is -3.16. The number of aryl methyl sites for hydroxylation is 1. The van der Waals surface area contributed by atoms with Gasteiger partial charge in [-0.15, -0.1) is 0 Å². The average molecular weight is 532 g/mol. The first-order valence-electron chi connectivity index (χ1n) is 13.5. The highest BCUT2D eigenvalue weighted by Gasteiger charge is 2.42. The first-order chi connectivity index (χ1) is 18.3. The largest absolute Gasteiger partial charge is 0.466 e. The number of hydrogen-bond donors (Lipinski definition) is 1. The minimum Gasteiger partial charge on any atom is -0.466 e. The summed E-state index contributed by atoms with van der Waals surface area (Å²) in [5, 5.41) is 3.94. The molecule has 7 nitrogen and oxygen atoms in total. The molecule has 8 heteroatoms. The standard InChI is InChI=1S/C30H34ClN5O2/c1-4-38-26(37)14-30(2)18-36(25-11-6-5-10-23(25)30)28-24(31)15-32-29(34-28)33-22-12-19-8-7-9-20-16-35(3)17-21(13-22)27(19)20/h5-6,10-13,15,20H,4,7-9,14,16-18H2,1-3H3,(H,32,33,34). The molecule has 3 heterocycles. The van der Waals surface area contributed by atoms with Crippen molar-refractivity contribution in [2.75, 3.05) is 37.0 Å². The molecule has 0 saturated heterocycles. The van der Waals surface area contributed by atoms with Crippen LogP contribution in [-0.2, 0) is 27.9 Å². The summed E-state index contributed by atoms with van der Waals surface area (Å²) in [6, 6.07) is 12.7. The number of fused-ring (bicyclic) bond motifs is 1. The zero-order valence-corrected chi connectivity index (χ0v) is 23.0. The minimum atomic E-state index is -0.422. The van der Waals surface area contributed by atoms with Gasteiger partial charge in [0.05, 0.1) is 19.2 Å². The monoisotopic (exact) mass is 531 g/mol. The molecule has 3 aromatic rings. The van der Waals surface area contributed by atoms with E-state index in [1.165, 1.54) is 24.0 Å². The van der Waals surface area contributed by atoms with E-state index in [2.05, 4.69) is 58.3 Å². The van der Waals surface area contributed by atoms with Crippen LogP contribution in [0, 0.1) is 0 Å². The van der Waals surface area contributed by atoms with Gasteiger partial charge < -0.3 is 19.9 Å². The van der Waals surface area contributed by atoms with Crippen LogP contribution in [0.3, 0.4) is 0 Å². The van der Waals surface area contributed by atoms with Crippen LogP contribution in [0.4, 0.5) is 23.1 Å². The summed E-state index contributed by atoms with van der Waals surface area (Å²) in [7, 11) is 2.20. The number of likely N-dealkylation sites (N-methyl/N-ethyl adjacent to an activating group) is 1. The van der Waals surface area contributed by atoms with E-state index in [1.807, 2.05) is 19.1 Å². The normalized spacial score (nSPS) is 22.1. The average Bonchev–Trinajstić information content (AvgIpc) is 3.17.